The molecule has 5 aromatic rings. The molecule has 3 heterocycles. The first-order valence-corrected chi connectivity index (χ1v) is 9.28. The number of H-pyrrole nitrogens is 1. The van der Waals surface area contributed by atoms with Gasteiger partial charge in [-0.05, 0) is 35.9 Å². The first kappa shape index (κ1) is 17.9. The molecule has 3 N–H and O–H groups in total. The molecule has 5 rings (SSSR count). The van der Waals surface area contributed by atoms with Crippen molar-refractivity contribution in [3.63, 3.8) is 0 Å². The summed E-state index contributed by atoms with van der Waals surface area (Å²) >= 11 is 0. The van der Waals surface area contributed by atoms with Crippen molar-refractivity contribution < 1.29 is 14.6 Å². The molecule has 0 saturated carbocycles. The summed E-state index contributed by atoms with van der Waals surface area (Å²) in [5, 5.41) is 23.1. The Morgan fingerprint density at radius 3 is 2.60 bits per heavy atom. The Hall–Kier alpha value is -4.13. The number of phenols is 1. The number of aromatic nitrogens is 3. The summed E-state index contributed by atoms with van der Waals surface area (Å²) in [4.78, 5) is 19.5. The first-order valence-electron chi connectivity index (χ1n) is 9.28. The van der Waals surface area contributed by atoms with E-state index in [-0.39, 0.29) is 40.5 Å². The second-order valence-electron chi connectivity index (χ2n) is 7.03. The van der Waals surface area contributed by atoms with Crippen LogP contribution >= 0.6 is 0 Å². The number of rotatable bonds is 3. The highest BCUT2D eigenvalue weighted by molar-refractivity contribution is 6.17. The third-order valence-electron chi connectivity index (χ3n) is 5.21. The Kier molecular flexibility index (Phi) is 4.03. The zero-order valence-electron chi connectivity index (χ0n) is 15.6. The lowest BCUT2D eigenvalue weighted by atomic mass is 9.96. The Morgan fingerprint density at radius 2 is 1.83 bits per heavy atom. The molecule has 6 nitrogen and oxygen atoms in total. The Bertz CT molecular complexity index is 1470. The number of aromatic amines is 1. The van der Waals surface area contributed by atoms with Crippen LogP contribution in [0, 0.1) is 5.82 Å². The van der Waals surface area contributed by atoms with Crippen molar-refractivity contribution in [3.05, 3.63) is 88.9 Å². The number of aromatic hydroxyl groups is 2. The molecule has 30 heavy (non-hydrogen) atoms. The average molecular weight is 401 g/mol. The zero-order chi connectivity index (χ0) is 20.8. The lowest BCUT2D eigenvalue weighted by Gasteiger charge is -2.10. The molecule has 0 aliphatic heterocycles. The molecule has 0 aliphatic rings. The monoisotopic (exact) mass is 401 g/mol. The topological polar surface area (TPSA) is 91.1 Å². The molecule has 0 atom stereocenters. The fourth-order valence-corrected chi connectivity index (χ4v) is 3.84. The second kappa shape index (κ2) is 6.73. The van der Waals surface area contributed by atoms with Crippen LogP contribution in [-0.2, 0) is 6.54 Å². The SMILES string of the molecule is O=c1[nH]cccc1-c1c2cccnc2c(O)c2c(O)n(Cc3ccc(F)cc3)cc12. The van der Waals surface area contributed by atoms with Crippen molar-refractivity contribution in [2.75, 3.05) is 0 Å². The van der Waals surface area contributed by atoms with Crippen LogP contribution in [-0.4, -0.2) is 24.7 Å². The summed E-state index contributed by atoms with van der Waals surface area (Å²) in [6.07, 6.45) is 4.77. The average Bonchev–Trinajstić information content (AvgIpc) is 3.07. The van der Waals surface area contributed by atoms with Gasteiger partial charge in [-0.2, -0.15) is 0 Å². The van der Waals surface area contributed by atoms with E-state index in [1.807, 2.05) is 0 Å². The summed E-state index contributed by atoms with van der Waals surface area (Å²) in [6, 6.07) is 12.8. The highest BCUT2D eigenvalue weighted by Crippen LogP contribution is 2.45. The molecule has 7 heteroatoms. The normalized spacial score (nSPS) is 11.4. The van der Waals surface area contributed by atoms with Gasteiger partial charge in [-0.1, -0.05) is 18.2 Å². The summed E-state index contributed by atoms with van der Waals surface area (Å²) in [7, 11) is 0. The van der Waals surface area contributed by atoms with Gasteiger partial charge in [0.05, 0.1) is 11.9 Å². The summed E-state index contributed by atoms with van der Waals surface area (Å²) in [6.45, 7) is 0.259. The largest absolute Gasteiger partial charge is 0.505 e. The standard InChI is InChI=1S/C23H16FN3O3/c24-14-7-5-13(6-8-14)11-27-12-17-18(16-4-2-10-26-22(16)29)15-3-1-9-25-20(15)21(28)19(17)23(27)30/h1-10,12,28,30H,11H2,(H,26,29). The highest BCUT2D eigenvalue weighted by atomic mass is 19.1. The second-order valence-corrected chi connectivity index (χ2v) is 7.03. The van der Waals surface area contributed by atoms with E-state index in [0.29, 0.717) is 21.9 Å². The molecule has 0 amide bonds. The van der Waals surface area contributed by atoms with E-state index in [9.17, 15) is 19.4 Å². The fourth-order valence-electron chi connectivity index (χ4n) is 3.84. The van der Waals surface area contributed by atoms with E-state index in [2.05, 4.69) is 9.97 Å². The summed E-state index contributed by atoms with van der Waals surface area (Å²) in [5.41, 5.74) is 1.74. The van der Waals surface area contributed by atoms with Gasteiger partial charge in [-0.3, -0.25) is 9.78 Å². The van der Waals surface area contributed by atoms with Gasteiger partial charge >= 0.3 is 0 Å². The van der Waals surface area contributed by atoms with Gasteiger partial charge in [-0.15, -0.1) is 0 Å². The number of hydrogen-bond acceptors (Lipinski definition) is 4. The van der Waals surface area contributed by atoms with Gasteiger partial charge in [0.25, 0.3) is 5.56 Å². The number of phenolic OH excluding ortho intramolecular Hbond substituents is 1. The molecular formula is C23H16FN3O3. The van der Waals surface area contributed by atoms with Crippen molar-refractivity contribution in [2.24, 2.45) is 0 Å². The Morgan fingerprint density at radius 1 is 1.03 bits per heavy atom. The highest BCUT2D eigenvalue weighted by Gasteiger charge is 2.23. The third-order valence-corrected chi connectivity index (χ3v) is 5.21. The van der Waals surface area contributed by atoms with Crippen LogP contribution in [0.15, 0.2) is 71.9 Å². The number of nitrogens with one attached hydrogen (secondary N) is 1. The van der Waals surface area contributed by atoms with E-state index < -0.39 is 0 Å². The maximum atomic E-state index is 13.2. The predicted octanol–water partition coefficient (Wildman–Crippen LogP) is 4.14. The molecular weight excluding hydrogens is 385 g/mol. The maximum absolute atomic E-state index is 13.2. The third kappa shape index (κ3) is 2.71. The minimum Gasteiger partial charge on any atom is -0.505 e. The van der Waals surface area contributed by atoms with Gasteiger partial charge in [0.15, 0.2) is 5.75 Å². The quantitative estimate of drug-likeness (QED) is 0.424. The van der Waals surface area contributed by atoms with Gasteiger partial charge in [0.2, 0.25) is 5.88 Å². The van der Waals surface area contributed by atoms with Crippen molar-refractivity contribution >= 4 is 21.7 Å². The fraction of sp³-hybridized carbons (Fsp3) is 0.0435. The summed E-state index contributed by atoms with van der Waals surface area (Å²) in [5.74, 6) is -0.666. The van der Waals surface area contributed by atoms with Crippen LogP contribution in [0.1, 0.15) is 5.56 Å². The van der Waals surface area contributed by atoms with E-state index in [1.54, 1.807) is 59.6 Å². The number of nitrogens with zero attached hydrogens (tertiary/aromatic N) is 2. The van der Waals surface area contributed by atoms with Crippen molar-refractivity contribution in [2.45, 2.75) is 6.54 Å². The molecule has 0 bridgehead atoms. The van der Waals surface area contributed by atoms with E-state index in [0.717, 1.165) is 5.56 Å². The van der Waals surface area contributed by atoms with E-state index in [1.165, 1.54) is 12.1 Å². The zero-order valence-corrected chi connectivity index (χ0v) is 15.6. The van der Waals surface area contributed by atoms with E-state index in [4.69, 9.17) is 0 Å². The molecule has 0 fully saturated rings. The van der Waals surface area contributed by atoms with E-state index >= 15 is 0 Å². The molecule has 0 aliphatic carbocycles. The van der Waals surface area contributed by atoms with Crippen LogP contribution in [0.2, 0.25) is 0 Å². The summed E-state index contributed by atoms with van der Waals surface area (Å²) < 4.78 is 14.8. The van der Waals surface area contributed by atoms with Crippen LogP contribution < -0.4 is 5.56 Å². The number of hydrogen-bond donors (Lipinski definition) is 3. The Labute approximate surface area is 169 Å². The van der Waals surface area contributed by atoms with Crippen LogP contribution in [0.5, 0.6) is 11.6 Å². The molecule has 148 valence electrons. The lowest BCUT2D eigenvalue weighted by molar-refractivity contribution is 0.425. The number of fused-ring (bicyclic) bond motifs is 2. The number of benzene rings is 2. The molecule has 3 aromatic heterocycles. The van der Waals surface area contributed by atoms with Crippen molar-refractivity contribution in [1.29, 1.82) is 0 Å². The van der Waals surface area contributed by atoms with Crippen molar-refractivity contribution in [3.8, 4) is 22.8 Å². The maximum Gasteiger partial charge on any atom is 0.255 e. The minimum atomic E-state index is -0.346. The van der Waals surface area contributed by atoms with Crippen molar-refractivity contribution in [1.82, 2.24) is 14.5 Å². The van der Waals surface area contributed by atoms with Gasteiger partial charge in [0, 0.05) is 40.5 Å². The molecule has 0 spiro atoms. The number of pyridine rings is 2. The molecule has 0 unspecified atom stereocenters. The van der Waals surface area contributed by atoms with Gasteiger partial charge < -0.3 is 19.8 Å². The predicted molar refractivity (Wildman–Crippen MR) is 112 cm³/mol. The van der Waals surface area contributed by atoms with Crippen LogP contribution in [0.3, 0.4) is 0 Å². The smallest absolute Gasteiger partial charge is 0.255 e. The van der Waals surface area contributed by atoms with Crippen LogP contribution in [0.25, 0.3) is 32.8 Å². The molecule has 0 radical (unpaired) electrons. The van der Waals surface area contributed by atoms with Gasteiger partial charge in [0.1, 0.15) is 11.3 Å². The number of halogens is 1. The molecule has 0 saturated heterocycles. The lowest BCUT2D eigenvalue weighted by Crippen LogP contribution is -2.07. The van der Waals surface area contributed by atoms with Crippen LogP contribution in [0.4, 0.5) is 4.39 Å². The Balaban J connectivity index is 1.85. The first-order chi connectivity index (χ1) is 14.5. The minimum absolute atomic E-state index is 0.159. The van der Waals surface area contributed by atoms with Gasteiger partial charge in [-0.25, -0.2) is 4.39 Å². The molecule has 2 aromatic carbocycles.